The van der Waals surface area contributed by atoms with E-state index in [0.717, 1.165) is 12.1 Å². The normalized spacial score (nSPS) is 15.4. The lowest BCUT2D eigenvalue weighted by Gasteiger charge is -2.23. The van der Waals surface area contributed by atoms with E-state index in [1.165, 1.54) is 19.1 Å². The predicted molar refractivity (Wildman–Crippen MR) is 58.7 cm³/mol. The molecule has 0 saturated heterocycles. The molecule has 1 atom stereocenters. The summed E-state index contributed by atoms with van der Waals surface area (Å²) in [5, 5.41) is 0. The molecule has 0 fully saturated rings. The summed E-state index contributed by atoms with van der Waals surface area (Å²) in [5.41, 5.74) is 3.11. The van der Waals surface area contributed by atoms with Gasteiger partial charge in [0.15, 0.2) is 5.78 Å². The molecule has 0 aliphatic heterocycles. The Morgan fingerprint density at radius 1 is 1.29 bits per heavy atom. The molecule has 0 spiro atoms. The molecule has 1 rings (SSSR count). The van der Waals surface area contributed by atoms with E-state index in [2.05, 4.69) is 0 Å². The van der Waals surface area contributed by atoms with E-state index >= 15 is 0 Å². The van der Waals surface area contributed by atoms with Gasteiger partial charge >= 0.3 is 6.18 Å². The average Bonchev–Trinajstić information content (AvgIpc) is 2.27. The van der Waals surface area contributed by atoms with Gasteiger partial charge in [-0.05, 0) is 19.4 Å². The Morgan fingerprint density at radius 2 is 1.82 bits per heavy atom. The lowest BCUT2D eigenvalue weighted by Crippen LogP contribution is -2.44. The molecule has 17 heavy (non-hydrogen) atoms. The first kappa shape index (κ1) is 13.7. The molecule has 0 saturated carbocycles. The molecule has 5 heteroatoms. The van der Waals surface area contributed by atoms with Crippen molar-refractivity contribution in [2.45, 2.75) is 32.0 Å². The lowest BCUT2D eigenvalue weighted by atomic mass is 9.87. The second-order valence-electron chi connectivity index (χ2n) is 4.14. The molecule has 0 aromatic heterocycles. The number of hydrogen-bond acceptors (Lipinski definition) is 2. The Labute approximate surface area is 97.6 Å². The summed E-state index contributed by atoms with van der Waals surface area (Å²) in [6, 6.07) is 4.69. The molecule has 0 bridgehead atoms. The summed E-state index contributed by atoms with van der Waals surface area (Å²) in [4.78, 5) is 11.9. The second kappa shape index (κ2) is 4.49. The van der Waals surface area contributed by atoms with Crippen LogP contribution in [0.25, 0.3) is 0 Å². The minimum absolute atomic E-state index is 0.276. The summed E-state index contributed by atoms with van der Waals surface area (Å²) in [6.45, 7) is 3.09. The van der Waals surface area contributed by atoms with Crippen molar-refractivity contribution in [3.05, 3.63) is 35.4 Å². The highest BCUT2D eigenvalue weighted by Crippen LogP contribution is 2.33. The zero-order valence-electron chi connectivity index (χ0n) is 9.64. The van der Waals surface area contributed by atoms with Gasteiger partial charge in [0.05, 0.1) is 11.1 Å². The van der Waals surface area contributed by atoms with E-state index in [4.69, 9.17) is 5.73 Å². The number of halogens is 3. The van der Waals surface area contributed by atoms with Gasteiger partial charge in [0, 0.05) is 5.56 Å². The van der Waals surface area contributed by atoms with Gasteiger partial charge < -0.3 is 5.73 Å². The Hall–Kier alpha value is -1.36. The fourth-order valence-corrected chi connectivity index (χ4v) is 1.40. The third-order valence-electron chi connectivity index (χ3n) is 2.73. The summed E-state index contributed by atoms with van der Waals surface area (Å²) < 4.78 is 38.1. The molecule has 2 N–H and O–H groups in total. The third kappa shape index (κ3) is 2.85. The fourth-order valence-electron chi connectivity index (χ4n) is 1.40. The fraction of sp³-hybridized carbons (Fsp3) is 0.417. The maximum Gasteiger partial charge on any atom is 0.417 e. The maximum absolute atomic E-state index is 12.7. The van der Waals surface area contributed by atoms with Crippen molar-refractivity contribution in [1.82, 2.24) is 0 Å². The zero-order valence-corrected chi connectivity index (χ0v) is 9.64. The van der Waals surface area contributed by atoms with Crippen molar-refractivity contribution in [2.75, 3.05) is 0 Å². The van der Waals surface area contributed by atoms with Gasteiger partial charge in [0.25, 0.3) is 0 Å². The summed E-state index contributed by atoms with van der Waals surface area (Å²) in [5.74, 6) is -0.687. The minimum Gasteiger partial charge on any atom is -0.319 e. The van der Waals surface area contributed by atoms with Crippen molar-refractivity contribution in [2.24, 2.45) is 5.73 Å². The first-order valence-corrected chi connectivity index (χ1v) is 5.20. The number of benzene rings is 1. The van der Waals surface area contributed by atoms with Gasteiger partial charge in [0.2, 0.25) is 0 Å². The summed E-state index contributed by atoms with van der Waals surface area (Å²) in [6.07, 6.45) is -4.27. The molecular formula is C12H14F3NO. The zero-order chi connectivity index (χ0) is 13.3. The van der Waals surface area contributed by atoms with Crippen LogP contribution in [0.4, 0.5) is 13.2 Å². The standard InChI is InChI=1S/C12H14F3NO/c1-3-11(2,16)10(17)8-6-4-5-7-9(8)12(13,14)15/h4-7H,3,16H2,1-2H3. The van der Waals surface area contributed by atoms with Crippen molar-refractivity contribution in [3.63, 3.8) is 0 Å². The van der Waals surface area contributed by atoms with Crippen LogP contribution in [-0.2, 0) is 6.18 Å². The molecule has 0 aliphatic rings. The smallest absolute Gasteiger partial charge is 0.319 e. The van der Waals surface area contributed by atoms with Crippen molar-refractivity contribution >= 4 is 5.78 Å². The van der Waals surface area contributed by atoms with E-state index in [1.54, 1.807) is 6.92 Å². The molecule has 1 aromatic rings. The third-order valence-corrected chi connectivity index (χ3v) is 2.73. The quantitative estimate of drug-likeness (QED) is 0.832. The Balaban J connectivity index is 3.29. The van der Waals surface area contributed by atoms with Gasteiger partial charge in [-0.1, -0.05) is 25.1 Å². The highest BCUT2D eigenvalue weighted by Gasteiger charge is 2.38. The van der Waals surface area contributed by atoms with E-state index in [-0.39, 0.29) is 12.0 Å². The molecule has 1 unspecified atom stereocenters. The Bertz CT molecular complexity index is 424. The number of ketones is 1. The Kier molecular flexibility index (Phi) is 3.62. The summed E-state index contributed by atoms with van der Waals surface area (Å²) >= 11 is 0. The molecule has 1 aromatic carbocycles. The van der Waals surface area contributed by atoms with E-state index in [9.17, 15) is 18.0 Å². The van der Waals surface area contributed by atoms with Crippen molar-refractivity contribution in [1.29, 1.82) is 0 Å². The highest BCUT2D eigenvalue weighted by atomic mass is 19.4. The maximum atomic E-state index is 12.7. The van der Waals surface area contributed by atoms with E-state index < -0.39 is 23.1 Å². The van der Waals surface area contributed by atoms with Crippen LogP contribution < -0.4 is 5.73 Å². The van der Waals surface area contributed by atoms with Gasteiger partial charge in [-0.3, -0.25) is 4.79 Å². The lowest BCUT2D eigenvalue weighted by molar-refractivity contribution is -0.137. The SMILES string of the molecule is CCC(C)(N)C(=O)c1ccccc1C(F)(F)F. The molecule has 94 valence electrons. The highest BCUT2D eigenvalue weighted by molar-refractivity contribution is 6.04. The van der Waals surface area contributed by atoms with Gasteiger partial charge in [-0.2, -0.15) is 13.2 Å². The number of carbonyl (C=O) groups excluding carboxylic acids is 1. The molecular weight excluding hydrogens is 231 g/mol. The molecule has 2 nitrogen and oxygen atoms in total. The van der Waals surface area contributed by atoms with Crippen LogP contribution in [0.2, 0.25) is 0 Å². The van der Waals surface area contributed by atoms with Crippen LogP contribution in [0.3, 0.4) is 0 Å². The van der Waals surface area contributed by atoms with Crippen LogP contribution in [0.1, 0.15) is 36.2 Å². The van der Waals surface area contributed by atoms with Crippen LogP contribution in [-0.4, -0.2) is 11.3 Å². The van der Waals surface area contributed by atoms with Gasteiger partial charge in [-0.15, -0.1) is 0 Å². The molecule has 0 heterocycles. The van der Waals surface area contributed by atoms with Crippen LogP contribution in [0.5, 0.6) is 0 Å². The largest absolute Gasteiger partial charge is 0.417 e. The number of alkyl halides is 3. The molecule has 0 radical (unpaired) electrons. The predicted octanol–water partition coefficient (Wildman–Crippen LogP) is 3.02. The number of Topliss-reactive ketones (excluding diaryl/α,β-unsaturated/α-hetero) is 1. The van der Waals surface area contributed by atoms with Crippen molar-refractivity contribution < 1.29 is 18.0 Å². The second-order valence-corrected chi connectivity index (χ2v) is 4.14. The number of hydrogen-bond donors (Lipinski definition) is 1. The van der Waals surface area contributed by atoms with Crippen LogP contribution in [0, 0.1) is 0 Å². The monoisotopic (exact) mass is 245 g/mol. The van der Waals surface area contributed by atoms with E-state index in [0.29, 0.717) is 0 Å². The Morgan fingerprint density at radius 3 is 2.29 bits per heavy atom. The topological polar surface area (TPSA) is 43.1 Å². The number of nitrogens with two attached hydrogens (primary N) is 1. The molecule has 0 amide bonds. The van der Waals surface area contributed by atoms with Gasteiger partial charge in [-0.25, -0.2) is 0 Å². The minimum atomic E-state index is -4.55. The molecule has 0 aliphatic carbocycles. The van der Waals surface area contributed by atoms with Gasteiger partial charge in [0.1, 0.15) is 0 Å². The van der Waals surface area contributed by atoms with E-state index in [1.807, 2.05) is 0 Å². The summed E-state index contributed by atoms with van der Waals surface area (Å²) in [7, 11) is 0. The van der Waals surface area contributed by atoms with Crippen molar-refractivity contribution in [3.8, 4) is 0 Å². The number of rotatable bonds is 3. The van der Waals surface area contributed by atoms with Crippen LogP contribution >= 0.6 is 0 Å². The van der Waals surface area contributed by atoms with Crippen LogP contribution in [0.15, 0.2) is 24.3 Å². The first-order chi connectivity index (χ1) is 7.70. The first-order valence-electron chi connectivity index (χ1n) is 5.20. The average molecular weight is 245 g/mol. The number of carbonyl (C=O) groups is 1.